The minimum atomic E-state index is -1.04. The highest BCUT2D eigenvalue weighted by Crippen LogP contribution is 2.23. The number of carbonyl (C=O) groups is 1. The molecule has 0 aliphatic heterocycles. The Morgan fingerprint density at radius 1 is 1.12 bits per heavy atom. The second-order valence-corrected chi connectivity index (χ2v) is 5.88. The van der Waals surface area contributed by atoms with Crippen molar-refractivity contribution in [3.05, 3.63) is 59.9 Å². The molecule has 2 heterocycles. The molecule has 0 N–H and O–H groups in total. The lowest BCUT2D eigenvalue weighted by Crippen LogP contribution is -2.05. The summed E-state index contributed by atoms with van der Waals surface area (Å²) in [5.74, 6) is -1.63. The summed E-state index contributed by atoms with van der Waals surface area (Å²) in [6, 6.07) is 6.73. The number of hydrogen-bond acceptors (Lipinski definition) is 5. The number of aromatic nitrogens is 4. The Morgan fingerprint density at radius 2 is 1.88 bits per heavy atom. The molecule has 0 unspecified atom stereocenters. The highest BCUT2D eigenvalue weighted by atomic mass is 32.2. The fourth-order valence-electron chi connectivity index (χ4n) is 2.08. The van der Waals surface area contributed by atoms with Crippen molar-refractivity contribution in [3.63, 3.8) is 0 Å². The van der Waals surface area contributed by atoms with Crippen molar-refractivity contribution in [1.82, 2.24) is 19.7 Å². The summed E-state index contributed by atoms with van der Waals surface area (Å²) in [5, 5.41) is 8.72. The fourth-order valence-corrected chi connectivity index (χ4v) is 2.88. The number of thioether (sulfide) groups is 1. The zero-order valence-electron chi connectivity index (χ0n) is 12.6. The Balaban J connectivity index is 1.72. The van der Waals surface area contributed by atoms with Crippen LogP contribution in [0.15, 0.2) is 47.9 Å². The second-order valence-electron chi connectivity index (χ2n) is 4.94. The number of benzene rings is 1. The van der Waals surface area contributed by atoms with Crippen LogP contribution in [0.4, 0.5) is 8.78 Å². The molecule has 0 radical (unpaired) electrons. The van der Waals surface area contributed by atoms with Gasteiger partial charge in [-0.1, -0.05) is 11.8 Å². The molecule has 0 saturated heterocycles. The van der Waals surface area contributed by atoms with Crippen LogP contribution in [-0.4, -0.2) is 31.3 Å². The molecular formula is C16H12F2N4OS. The van der Waals surface area contributed by atoms with Crippen molar-refractivity contribution in [1.29, 1.82) is 0 Å². The third kappa shape index (κ3) is 3.33. The third-order valence-electron chi connectivity index (χ3n) is 3.35. The summed E-state index contributed by atoms with van der Waals surface area (Å²) in [5.41, 5.74) is 0.983. The summed E-state index contributed by atoms with van der Waals surface area (Å²) in [6.07, 6.45) is 3.31. The molecule has 2 aromatic heterocycles. The Labute approximate surface area is 140 Å². The van der Waals surface area contributed by atoms with Gasteiger partial charge >= 0.3 is 0 Å². The first-order valence-corrected chi connectivity index (χ1v) is 7.95. The van der Waals surface area contributed by atoms with Gasteiger partial charge in [-0.05, 0) is 30.3 Å². The number of hydrogen-bond donors (Lipinski definition) is 0. The molecule has 0 spiro atoms. The SMILES string of the molecule is Cn1c(SCC(=O)c2ccc(F)c(F)c2)nnc1-c1ccncc1. The van der Waals surface area contributed by atoms with Gasteiger partial charge in [0.2, 0.25) is 0 Å². The normalized spacial score (nSPS) is 10.8. The monoisotopic (exact) mass is 346 g/mol. The Hall–Kier alpha value is -2.61. The van der Waals surface area contributed by atoms with Gasteiger partial charge in [-0.2, -0.15) is 0 Å². The van der Waals surface area contributed by atoms with Gasteiger partial charge < -0.3 is 4.57 Å². The lowest BCUT2D eigenvalue weighted by Gasteiger charge is -2.04. The van der Waals surface area contributed by atoms with Crippen molar-refractivity contribution >= 4 is 17.5 Å². The van der Waals surface area contributed by atoms with E-state index >= 15 is 0 Å². The van der Waals surface area contributed by atoms with Crippen LogP contribution in [0.1, 0.15) is 10.4 Å². The van der Waals surface area contributed by atoms with E-state index in [0.717, 1.165) is 17.7 Å². The van der Waals surface area contributed by atoms with E-state index in [1.54, 1.807) is 24.0 Å². The van der Waals surface area contributed by atoms with E-state index in [1.807, 2.05) is 12.1 Å². The second kappa shape index (κ2) is 6.88. The predicted octanol–water partition coefficient (Wildman–Crippen LogP) is 3.13. The maximum atomic E-state index is 13.2. The molecule has 1 aromatic carbocycles. The molecule has 3 aromatic rings. The van der Waals surface area contributed by atoms with Gasteiger partial charge in [-0.15, -0.1) is 10.2 Å². The zero-order chi connectivity index (χ0) is 17.1. The van der Waals surface area contributed by atoms with Gasteiger partial charge in [0, 0.05) is 30.6 Å². The number of Topliss-reactive ketones (excluding diaryl/α,β-unsaturated/α-hetero) is 1. The molecule has 122 valence electrons. The van der Waals surface area contributed by atoms with Crippen molar-refractivity contribution < 1.29 is 13.6 Å². The van der Waals surface area contributed by atoms with Crippen LogP contribution in [0, 0.1) is 11.6 Å². The van der Waals surface area contributed by atoms with E-state index in [2.05, 4.69) is 15.2 Å². The van der Waals surface area contributed by atoms with Crippen molar-refractivity contribution in [2.75, 3.05) is 5.75 Å². The van der Waals surface area contributed by atoms with Crippen molar-refractivity contribution in [2.24, 2.45) is 7.05 Å². The first kappa shape index (κ1) is 16.3. The van der Waals surface area contributed by atoms with E-state index in [9.17, 15) is 13.6 Å². The first-order valence-electron chi connectivity index (χ1n) is 6.97. The molecule has 0 saturated carbocycles. The summed E-state index contributed by atoms with van der Waals surface area (Å²) in [6.45, 7) is 0. The average Bonchev–Trinajstić information content (AvgIpc) is 2.96. The fraction of sp³-hybridized carbons (Fsp3) is 0.125. The summed E-state index contributed by atoms with van der Waals surface area (Å²) in [7, 11) is 1.79. The summed E-state index contributed by atoms with van der Waals surface area (Å²) >= 11 is 1.18. The van der Waals surface area contributed by atoms with Crippen LogP contribution < -0.4 is 0 Å². The Bertz CT molecular complexity index is 883. The molecule has 3 rings (SSSR count). The van der Waals surface area contributed by atoms with E-state index in [0.29, 0.717) is 11.0 Å². The van der Waals surface area contributed by atoms with Crippen LogP contribution in [-0.2, 0) is 7.05 Å². The van der Waals surface area contributed by atoms with Gasteiger partial charge in [-0.3, -0.25) is 9.78 Å². The van der Waals surface area contributed by atoms with E-state index in [4.69, 9.17) is 0 Å². The Kier molecular flexibility index (Phi) is 4.66. The quantitative estimate of drug-likeness (QED) is 0.525. The smallest absolute Gasteiger partial charge is 0.191 e. The van der Waals surface area contributed by atoms with Crippen LogP contribution in [0.2, 0.25) is 0 Å². The number of halogens is 2. The molecule has 0 atom stereocenters. The molecule has 0 amide bonds. The lowest BCUT2D eigenvalue weighted by molar-refractivity contribution is 0.102. The van der Waals surface area contributed by atoms with Gasteiger partial charge in [0.05, 0.1) is 5.75 Å². The molecule has 0 bridgehead atoms. The molecule has 0 fully saturated rings. The van der Waals surface area contributed by atoms with Gasteiger partial charge in [0.1, 0.15) is 0 Å². The predicted molar refractivity (Wildman–Crippen MR) is 85.6 cm³/mol. The molecular weight excluding hydrogens is 334 g/mol. The zero-order valence-corrected chi connectivity index (χ0v) is 13.4. The number of ketones is 1. The highest BCUT2D eigenvalue weighted by molar-refractivity contribution is 7.99. The first-order chi connectivity index (χ1) is 11.6. The van der Waals surface area contributed by atoms with Crippen molar-refractivity contribution in [2.45, 2.75) is 5.16 Å². The number of nitrogens with zero attached hydrogens (tertiary/aromatic N) is 4. The molecule has 5 nitrogen and oxygen atoms in total. The topological polar surface area (TPSA) is 60.7 Å². The molecule has 0 aliphatic rings. The number of rotatable bonds is 5. The van der Waals surface area contributed by atoms with E-state index < -0.39 is 11.6 Å². The van der Waals surface area contributed by atoms with Gasteiger partial charge in [0.25, 0.3) is 0 Å². The minimum Gasteiger partial charge on any atom is -0.305 e. The highest BCUT2D eigenvalue weighted by Gasteiger charge is 2.15. The van der Waals surface area contributed by atoms with Gasteiger partial charge in [0.15, 0.2) is 28.4 Å². The van der Waals surface area contributed by atoms with E-state index in [-0.39, 0.29) is 17.1 Å². The average molecular weight is 346 g/mol. The molecule has 24 heavy (non-hydrogen) atoms. The van der Waals surface area contributed by atoms with Crippen molar-refractivity contribution in [3.8, 4) is 11.4 Å². The third-order valence-corrected chi connectivity index (χ3v) is 4.37. The van der Waals surface area contributed by atoms with E-state index in [1.165, 1.54) is 17.8 Å². The largest absolute Gasteiger partial charge is 0.305 e. The van der Waals surface area contributed by atoms with Crippen LogP contribution in [0.25, 0.3) is 11.4 Å². The van der Waals surface area contributed by atoms with Crippen LogP contribution in [0.3, 0.4) is 0 Å². The molecule has 0 aliphatic carbocycles. The summed E-state index contributed by atoms with van der Waals surface area (Å²) in [4.78, 5) is 16.0. The number of pyridine rings is 1. The van der Waals surface area contributed by atoms with Gasteiger partial charge in [-0.25, -0.2) is 8.78 Å². The number of carbonyl (C=O) groups excluding carboxylic acids is 1. The summed E-state index contributed by atoms with van der Waals surface area (Å²) < 4.78 is 27.9. The standard InChI is InChI=1S/C16H12F2N4OS/c1-22-15(10-4-6-19-7-5-10)20-21-16(22)24-9-14(23)11-2-3-12(17)13(18)8-11/h2-8H,9H2,1H3. The van der Waals surface area contributed by atoms with Crippen LogP contribution >= 0.6 is 11.8 Å². The maximum absolute atomic E-state index is 13.2. The lowest BCUT2D eigenvalue weighted by atomic mass is 10.1. The van der Waals surface area contributed by atoms with Crippen LogP contribution in [0.5, 0.6) is 0 Å². The minimum absolute atomic E-state index is 0.0490. The molecule has 8 heteroatoms. The maximum Gasteiger partial charge on any atom is 0.191 e. The Morgan fingerprint density at radius 3 is 2.58 bits per heavy atom.